The van der Waals surface area contributed by atoms with Crippen LogP contribution in [0.15, 0.2) is 12.4 Å². The monoisotopic (exact) mass is 260 g/mol. The summed E-state index contributed by atoms with van der Waals surface area (Å²) in [7, 11) is 0. The number of hydrogen-bond donors (Lipinski definition) is 0. The summed E-state index contributed by atoms with van der Waals surface area (Å²) in [5, 5.41) is 0. The SMILES string of the molecule is C#CCOc1ncc(I)cn1. The lowest BCUT2D eigenvalue weighted by atomic mass is 10.7. The van der Waals surface area contributed by atoms with Gasteiger partial charge in [-0.1, -0.05) is 5.92 Å². The van der Waals surface area contributed by atoms with Crippen LogP contribution in [0.2, 0.25) is 0 Å². The van der Waals surface area contributed by atoms with E-state index in [0.29, 0.717) is 6.01 Å². The zero-order chi connectivity index (χ0) is 8.10. The van der Waals surface area contributed by atoms with Crippen LogP contribution in [0.25, 0.3) is 0 Å². The highest BCUT2D eigenvalue weighted by atomic mass is 127. The summed E-state index contributed by atoms with van der Waals surface area (Å²) in [6, 6.07) is 0.323. The van der Waals surface area contributed by atoms with E-state index in [4.69, 9.17) is 11.2 Å². The third-order valence-electron chi connectivity index (χ3n) is 0.881. The van der Waals surface area contributed by atoms with Gasteiger partial charge in [0.05, 0.1) is 0 Å². The average molecular weight is 260 g/mol. The van der Waals surface area contributed by atoms with Gasteiger partial charge in [-0.15, -0.1) is 6.42 Å². The summed E-state index contributed by atoms with van der Waals surface area (Å²) in [4.78, 5) is 7.76. The van der Waals surface area contributed by atoms with Crippen LogP contribution in [-0.4, -0.2) is 16.6 Å². The molecule has 1 aromatic rings. The van der Waals surface area contributed by atoms with Crippen molar-refractivity contribution >= 4 is 22.6 Å². The van der Waals surface area contributed by atoms with Crippen molar-refractivity contribution in [1.29, 1.82) is 0 Å². The lowest BCUT2D eigenvalue weighted by Crippen LogP contribution is -1.98. The highest BCUT2D eigenvalue weighted by molar-refractivity contribution is 14.1. The lowest BCUT2D eigenvalue weighted by Gasteiger charge is -1.97. The van der Waals surface area contributed by atoms with Crippen LogP contribution in [0.3, 0.4) is 0 Å². The third kappa shape index (κ3) is 2.72. The van der Waals surface area contributed by atoms with Crippen LogP contribution in [0.4, 0.5) is 0 Å². The van der Waals surface area contributed by atoms with Crippen LogP contribution in [0.5, 0.6) is 6.01 Å². The number of terminal acetylenes is 1. The molecule has 4 heteroatoms. The molecular weight excluding hydrogens is 255 g/mol. The summed E-state index contributed by atoms with van der Waals surface area (Å²) in [6.07, 6.45) is 8.31. The van der Waals surface area contributed by atoms with Crippen molar-refractivity contribution < 1.29 is 4.74 Å². The van der Waals surface area contributed by atoms with Gasteiger partial charge in [0.15, 0.2) is 6.61 Å². The first kappa shape index (κ1) is 8.27. The van der Waals surface area contributed by atoms with E-state index in [1.165, 1.54) is 0 Å². The fraction of sp³-hybridized carbons (Fsp3) is 0.143. The van der Waals surface area contributed by atoms with Crippen molar-refractivity contribution in [3.05, 3.63) is 16.0 Å². The van der Waals surface area contributed by atoms with Crippen LogP contribution >= 0.6 is 22.6 Å². The first-order valence-electron chi connectivity index (χ1n) is 2.86. The van der Waals surface area contributed by atoms with Crippen molar-refractivity contribution in [2.24, 2.45) is 0 Å². The second kappa shape index (κ2) is 4.13. The van der Waals surface area contributed by atoms with Gasteiger partial charge in [0, 0.05) is 16.0 Å². The van der Waals surface area contributed by atoms with Crippen molar-refractivity contribution in [3.8, 4) is 18.4 Å². The first-order chi connectivity index (χ1) is 5.33. The maximum atomic E-state index is 4.97. The predicted molar refractivity (Wildman–Crippen MR) is 49.1 cm³/mol. The van der Waals surface area contributed by atoms with E-state index in [9.17, 15) is 0 Å². The van der Waals surface area contributed by atoms with E-state index < -0.39 is 0 Å². The minimum absolute atomic E-state index is 0.209. The zero-order valence-electron chi connectivity index (χ0n) is 5.62. The number of rotatable bonds is 2. The molecule has 56 valence electrons. The molecule has 1 heterocycles. The molecule has 0 N–H and O–H groups in total. The molecule has 3 nitrogen and oxygen atoms in total. The van der Waals surface area contributed by atoms with Crippen molar-refractivity contribution in [2.75, 3.05) is 6.61 Å². The second-order valence-electron chi connectivity index (χ2n) is 1.68. The van der Waals surface area contributed by atoms with E-state index in [2.05, 4.69) is 38.5 Å². The van der Waals surface area contributed by atoms with E-state index in [-0.39, 0.29) is 6.61 Å². The van der Waals surface area contributed by atoms with Crippen LogP contribution in [0.1, 0.15) is 0 Å². The molecule has 0 saturated carbocycles. The molecule has 0 saturated heterocycles. The van der Waals surface area contributed by atoms with Gasteiger partial charge in [0.1, 0.15) is 0 Å². The molecule has 0 fully saturated rings. The number of hydrogen-bond acceptors (Lipinski definition) is 3. The maximum absolute atomic E-state index is 4.97. The Morgan fingerprint density at radius 1 is 1.55 bits per heavy atom. The lowest BCUT2D eigenvalue weighted by molar-refractivity contribution is 0.339. The predicted octanol–water partition coefficient (Wildman–Crippen LogP) is 1.09. The first-order valence-corrected chi connectivity index (χ1v) is 3.94. The van der Waals surface area contributed by atoms with Gasteiger partial charge in [-0.3, -0.25) is 0 Å². The van der Waals surface area contributed by atoms with Gasteiger partial charge in [0.2, 0.25) is 0 Å². The van der Waals surface area contributed by atoms with Gasteiger partial charge in [-0.25, -0.2) is 9.97 Å². The summed E-state index contributed by atoms with van der Waals surface area (Å²) < 4.78 is 5.92. The minimum Gasteiger partial charge on any atom is -0.450 e. The standard InChI is InChI=1S/C7H5IN2O/c1-2-3-11-7-9-4-6(8)5-10-7/h1,4-5H,3H2. The molecule has 1 aromatic heterocycles. The second-order valence-corrected chi connectivity index (χ2v) is 2.92. The highest BCUT2D eigenvalue weighted by Crippen LogP contribution is 2.03. The van der Waals surface area contributed by atoms with Crippen molar-refractivity contribution in [2.45, 2.75) is 0 Å². The average Bonchev–Trinajstić information content (AvgIpc) is 2.04. The third-order valence-corrected chi connectivity index (χ3v) is 1.44. The Kier molecular flexibility index (Phi) is 3.11. The smallest absolute Gasteiger partial charge is 0.317 e. The van der Waals surface area contributed by atoms with Gasteiger partial charge >= 0.3 is 6.01 Å². The molecule has 1 rings (SSSR count). The quantitative estimate of drug-likeness (QED) is 0.589. The van der Waals surface area contributed by atoms with Crippen molar-refractivity contribution in [3.63, 3.8) is 0 Å². The molecule has 0 aliphatic rings. The Balaban J connectivity index is 2.60. The summed E-state index contributed by atoms with van der Waals surface area (Å²) in [5.74, 6) is 2.33. The van der Waals surface area contributed by atoms with Gasteiger partial charge in [-0.05, 0) is 22.6 Å². The zero-order valence-corrected chi connectivity index (χ0v) is 7.78. The molecule has 0 bridgehead atoms. The number of nitrogens with zero attached hydrogens (tertiary/aromatic N) is 2. The normalized spacial score (nSPS) is 8.73. The number of aromatic nitrogens is 2. The fourth-order valence-electron chi connectivity index (χ4n) is 0.481. The molecule has 0 atom stereocenters. The van der Waals surface area contributed by atoms with E-state index >= 15 is 0 Å². The van der Waals surface area contributed by atoms with Gasteiger partial charge in [-0.2, -0.15) is 0 Å². The molecule has 0 aliphatic carbocycles. The molecule has 0 unspecified atom stereocenters. The Morgan fingerprint density at radius 3 is 2.73 bits per heavy atom. The molecule has 0 aromatic carbocycles. The summed E-state index contributed by atoms with van der Waals surface area (Å²) in [6.45, 7) is 0.209. The maximum Gasteiger partial charge on any atom is 0.317 e. The highest BCUT2D eigenvalue weighted by Gasteiger charge is 1.93. The van der Waals surface area contributed by atoms with Gasteiger partial charge in [0.25, 0.3) is 0 Å². The Bertz CT molecular complexity index is 265. The Labute approximate surface area is 78.3 Å². The molecule has 0 spiro atoms. The number of halogens is 1. The Hall–Kier alpha value is -0.830. The van der Waals surface area contributed by atoms with Gasteiger partial charge < -0.3 is 4.74 Å². The summed E-state index contributed by atoms with van der Waals surface area (Å²) >= 11 is 2.11. The largest absolute Gasteiger partial charge is 0.450 e. The fourth-order valence-corrected chi connectivity index (χ4v) is 0.760. The molecule has 11 heavy (non-hydrogen) atoms. The van der Waals surface area contributed by atoms with E-state index in [1.54, 1.807) is 12.4 Å². The molecule has 0 aliphatic heterocycles. The van der Waals surface area contributed by atoms with Crippen LogP contribution in [0, 0.1) is 15.9 Å². The molecular formula is C7H5IN2O. The summed E-state index contributed by atoms with van der Waals surface area (Å²) in [5.41, 5.74) is 0. The van der Waals surface area contributed by atoms with Crippen molar-refractivity contribution in [1.82, 2.24) is 9.97 Å². The topological polar surface area (TPSA) is 35.0 Å². The van der Waals surface area contributed by atoms with E-state index in [0.717, 1.165) is 3.57 Å². The Morgan fingerprint density at radius 2 is 2.18 bits per heavy atom. The van der Waals surface area contributed by atoms with E-state index in [1.807, 2.05) is 0 Å². The number of ether oxygens (including phenoxy) is 1. The minimum atomic E-state index is 0.209. The molecule has 0 amide bonds. The van der Waals surface area contributed by atoms with Crippen LogP contribution < -0.4 is 4.74 Å². The van der Waals surface area contributed by atoms with Crippen LogP contribution in [-0.2, 0) is 0 Å². The molecule has 0 radical (unpaired) electrons.